The Labute approximate surface area is 192 Å². The molecule has 0 bridgehead atoms. The molecule has 176 valence electrons. The van der Waals surface area contributed by atoms with Crippen molar-refractivity contribution in [3.63, 3.8) is 0 Å². The van der Waals surface area contributed by atoms with Crippen LogP contribution in [0.4, 0.5) is 17.6 Å². The minimum Gasteiger partial charge on any atom is -0.350 e. The average molecular weight is 471 g/mol. The summed E-state index contributed by atoms with van der Waals surface area (Å²) in [5.74, 6) is 0.332. The molecule has 0 spiro atoms. The number of aromatic nitrogens is 2. The maximum absolute atomic E-state index is 14.6. The van der Waals surface area contributed by atoms with Gasteiger partial charge in [0.15, 0.2) is 11.5 Å². The number of hydrazine groups is 1. The van der Waals surface area contributed by atoms with Crippen molar-refractivity contribution in [2.24, 2.45) is 9.98 Å². The Balaban J connectivity index is 1.43. The van der Waals surface area contributed by atoms with Crippen molar-refractivity contribution in [2.75, 3.05) is 6.54 Å². The molecule has 3 aliphatic heterocycles. The maximum Gasteiger partial charge on any atom is 0.433 e. The number of hydrogen-bond donors (Lipinski definition) is 1. The van der Waals surface area contributed by atoms with E-state index in [2.05, 4.69) is 25.4 Å². The van der Waals surface area contributed by atoms with Crippen molar-refractivity contribution < 1.29 is 17.6 Å². The highest BCUT2D eigenvalue weighted by molar-refractivity contribution is 6.14. The van der Waals surface area contributed by atoms with E-state index in [1.807, 2.05) is 6.92 Å². The van der Waals surface area contributed by atoms with Crippen molar-refractivity contribution in [3.8, 4) is 0 Å². The van der Waals surface area contributed by atoms with Crippen molar-refractivity contribution in [3.05, 3.63) is 69.9 Å². The summed E-state index contributed by atoms with van der Waals surface area (Å²) in [7, 11) is 0. The van der Waals surface area contributed by atoms with Crippen LogP contribution >= 0.6 is 0 Å². The quantitative estimate of drug-likeness (QED) is 0.691. The third kappa shape index (κ3) is 3.41. The van der Waals surface area contributed by atoms with Crippen molar-refractivity contribution >= 4 is 12.1 Å². The van der Waals surface area contributed by atoms with E-state index in [-0.39, 0.29) is 24.2 Å². The molecule has 1 fully saturated rings. The molecule has 0 radical (unpaired) electrons. The number of nitrogens with zero attached hydrogens (tertiary/aromatic N) is 6. The average Bonchev–Trinajstić information content (AvgIpc) is 3.61. The molecule has 1 aliphatic carbocycles. The molecule has 4 heterocycles. The molecule has 6 rings (SSSR count). The highest BCUT2D eigenvalue weighted by Gasteiger charge is 2.42. The third-order valence-corrected chi connectivity index (χ3v) is 6.47. The van der Waals surface area contributed by atoms with Gasteiger partial charge in [0.25, 0.3) is 0 Å². The van der Waals surface area contributed by atoms with E-state index in [0.29, 0.717) is 47.3 Å². The van der Waals surface area contributed by atoms with E-state index in [4.69, 9.17) is 0 Å². The molecule has 0 saturated heterocycles. The van der Waals surface area contributed by atoms with Crippen molar-refractivity contribution in [1.82, 2.24) is 25.3 Å². The first-order valence-corrected chi connectivity index (χ1v) is 11.2. The maximum atomic E-state index is 14.6. The number of benzene rings is 1. The van der Waals surface area contributed by atoms with Crippen LogP contribution in [-0.4, -0.2) is 44.6 Å². The first kappa shape index (κ1) is 21.1. The number of halogens is 4. The Hall–Kier alpha value is -3.50. The molecule has 1 atom stereocenters. The van der Waals surface area contributed by atoms with Crippen LogP contribution in [0.3, 0.4) is 0 Å². The standard InChI is InChI=1S/C23H21F4N7/c1-12-30-18(14-4-2-3-5-16(14)24)19-22(28-11-29-34(12)19)33-9-8-17-15(10-33)20(23(25,26)27)32-21(31-17)13-6-7-13/h2-5,11-13H,6-10H2,1H3,(H,28,29). The lowest BCUT2D eigenvalue weighted by Crippen LogP contribution is -2.45. The van der Waals surface area contributed by atoms with Crippen LogP contribution in [0.25, 0.3) is 0 Å². The highest BCUT2D eigenvalue weighted by atomic mass is 19.4. The molecule has 1 aromatic heterocycles. The minimum absolute atomic E-state index is 0.0245. The largest absolute Gasteiger partial charge is 0.433 e. The van der Waals surface area contributed by atoms with Crippen LogP contribution in [0.5, 0.6) is 0 Å². The van der Waals surface area contributed by atoms with Crippen LogP contribution in [0.15, 0.2) is 45.8 Å². The summed E-state index contributed by atoms with van der Waals surface area (Å²) in [6.45, 7) is 2.23. The fourth-order valence-electron chi connectivity index (χ4n) is 4.66. The summed E-state index contributed by atoms with van der Waals surface area (Å²) in [5, 5.41) is 1.75. The lowest BCUT2D eigenvalue weighted by Gasteiger charge is -2.36. The van der Waals surface area contributed by atoms with E-state index in [1.54, 1.807) is 28.1 Å². The molecule has 2 aromatic rings. The summed E-state index contributed by atoms with van der Waals surface area (Å²) in [6, 6.07) is 6.30. The Kier molecular flexibility index (Phi) is 4.65. The molecule has 1 saturated carbocycles. The van der Waals surface area contributed by atoms with Gasteiger partial charge in [-0.1, -0.05) is 12.1 Å². The molecular weight excluding hydrogens is 450 g/mol. The molecule has 11 heteroatoms. The van der Waals surface area contributed by atoms with E-state index in [1.165, 1.54) is 12.4 Å². The van der Waals surface area contributed by atoms with E-state index in [0.717, 1.165) is 12.8 Å². The van der Waals surface area contributed by atoms with Gasteiger partial charge in [-0.25, -0.2) is 19.4 Å². The van der Waals surface area contributed by atoms with Crippen LogP contribution in [0.1, 0.15) is 54.0 Å². The topological polar surface area (TPSA) is 69.0 Å². The zero-order chi connectivity index (χ0) is 23.6. The van der Waals surface area contributed by atoms with Crippen LogP contribution in [0, 0.1) is 5.82 Å². The lowest BCUT2D eigenvalue weighted by atomic mass is 10.0. The minimum atomic E-state index is -4.58. The smallest absolute Gasteiger partial charge is 0.350 e. The van der Waals surface area contributed by atoms with Gasteiger partial charge >= 0.3 is 6.18 Å². The Bertz CT molecular complexity index is 1260. The lowest BCUT2D eigenvalue weighted by molar-refractivity contribution is -0.142. The fraction of sp³-hybridized carbons (Fsp3) is 0.391. The normalized spacial score (nSPS) is 21.9. The van der Waals surface area contributed by atoms with Crippen LogP contribution in [-0.2, 0) is 19.1 Å². The summed E-state index contributed by atoms with van der Waals surface area (Å²) < 4.78 is 56.6. The fourth-order valence-corrected chi connectivity index (χ4v) is 4.66. The van der Waals surface area contributed by atoms with Gasteiger partial charge < -0.3 is 4.90 Å². The van der Waals surface area contributed by atoms with Crippen molar-refractivity contribution in [1.29, 1.82) is 0 Å². The zero-order valence-electron chi connectivity index (χ0n) is 18.3. The van der Waals surface area contributed by atoms with E-state index in [9.17, 15) is 17.6 Å². The summed E-state index contributed by atoms with van der Waals surface area (Å²) in [6.07, 6.45) is -1.47. The number of allylic oxidation sites excluding steroid dienone is 1. The monoisotopic (exact) mass is 471 g/mol. The third-order valence-electron chi connectivity index (χ3n) is 6.47. The van der Waals surface area contributed by atoms with Gasteiger partial charge in [0.05, 0.1) is 11.4 Å². The predicted molar refractivity (Wildman–Crippen MR) is 116 cm³/mol. The number of rotatable bonds is 3. The van der Waals surface area contributed by atoms with Gasteiger partial charge in [-0.15, -0.1) is 0 Å². The molecular formula is C23H21F4N7. The molecule has 1 unspecified atom stereocenters. The molecule has 1 N–H and O–H groups in total. The Morgan fingerprint density at radius 1 is 1.12 bits per heavy atom. The second-order valence-electron chi connectivity index (χ2n) is 8.82. The number of fused-ring (bicyclic) bond motifs is 2. The number of aliphatic imine (C=N–C) groups is 2. The second kappa shape index (κ2) is 7.51. The van der Waals surface area contributed by atoms with Gasteiger partial charge in [0.1, 0.15) is 29.8 Å². The first-order valence-electron chi connectivity index (χ1n) is 11.2. The van der Waals surface area contributed by atoms with Crippen molar-refractivity contribution in [2.45, 2.75) is 51.0 Å². The van der Waals surface area contributed by atoms with E-state index < -0.39 is 17.7 Å². The zero-order valence-corrected chi connectivity index (χ0v) is 18.3. The summed E-state index contributed by atoms with van der Waals surface area (Å²) >= 11 is 0. The number of nitrogens with one attached hydrogen (secondary N) is 1. The number of hydrogen-bond acceptors (Lipinski definition) is 7. The Morgan fingerprint density at radius 3 is 2.65 bits per heavy atom. The molecule has 7 nitrogen and oxygen atoms in total. The van der Waals surface area contributed by atoms with Gasteiger partial charge in [0.2, 0.25) is 0 Å². The second-order valence-corrected chi connectivity index (χ2v) is 8.82. The highest BCUT2D eigenvalue weighted by Crippen LogP contribution is 2.42. The van der Waals surface area contributed by atoms with E-state index >= 15 is 0 Å². The molecule has 1 aromatic carbocycles. The molecule has 0 amide bonds. The van der Waals surface area contributed by atoms with Gasteiger partial charge in [-0.05, 0) is 31.9 Å². The van der Waals surface area contributed by atoms with Gasteiger partial charge in [-0.3, -0.25) is 15.4 Å². The molecule has 34 heavy (non-hydrogen) atoms. The Morgan fingerprint density at radius 2 is 1.91 bits per heavy atom. The SMILES string of the molecule is CC1N=C(c2ccccc2F)C2=C(N3CCc4nc(C5CC5)nc(C(F)(F)F)c4C3)N=CNN21. The molecule has 4 aliphatic rings. The first-order chi connectivity index (χ1) is 16.3. The summed E-state index contributed by atoms with van der Waals surface area (Å²) in [4.78, 5) is 19.3. The van der Waals surface area contributed by atoms with Gasteiger partial charge in [-0.2, -0.15) is 13.2 Å². The number of alkyl halides is 3. The predicted octanol–water partition coefficient (Wildman–Crippen LogP) is 3.74. The summed E-state index contributed by atoms with van der Waals surface area (Å²) in [5.41, 5.74) is 3.93. The van der Waals surface area contributed by atoms with Crippen LogP contribution in [0.2, 0.25) is 0 Å². The van der Waals surface area contributed by atoms with Gasteiger partial charge in [0, 0.05) is 36.6 Å². The van der Waals surface area contributed by atoms with Crippen LogP contribution < -0.4 is 5.43 Å².